The van der Waals surface area contributed by atoms with Crippen LogP contribution in [-0.2, 0) is 6.18 Å². The maximum absolute atomic E-state index is 13.6. The fourth-order valence-corrected chi connectivity index (χ4v) is 5.14. The number of aromatic nitrogens is 2. The highest BCUT2D eigenvalue weighted by molar-refractivity contribution is 6.30. The summed E-state index contributed by atoms with van der Waals surface area (Å²) in [5.74, 6) is 0.570. The molecular weight excluding hydrogens is 543 g/mol. The Morgan fingerprint density at radius 3 is 2.35 bits per heavy atom. The van der Waals surface area contributed by atoms with E-state index >= 15 is 0 Å². The zero-order valence-electron chi connectivity index (χ0n) is 21.8. The van der Waals surface area contributed by atoms with Crippen molar-refractivity contribution in [2.24, 2.45) is 0 Å². The summed E-state index contributed by atoms with van der Waals surface area (Å²) in [4.78, 5) is 35.3. The second-order valence-electron chi connectivity index (χ2n) is 9.82. The van der Waals surface area contributed by atoms with E-state index in [1.807, 2.05) is 26.0 Å². The van der Waals surface area contributed by atoms with Crippen LogP contribution in [0.5, 0.6) is 0 Å². The van der Waals surface area contributed by atoms with Crippen molar-refractivity contribution in [3.05, 3.63) is 99.6 Å². The first kappa shape index (κ1) is 27.7. The van der Waals surface area contributed by atoms with E-state index in [0.29, 0.717) is 47.1 Å². The number of urea groups is 1. The third-order valence-corrected chi connectivity index (χ3v) is 7.44. The number of halogens is 4. The number of para-hydroxylation sites is 1. The third-order valence-electron chi connectivity index (χ3n) is 7.19. The first-order chi connectivity index (χ1) is 19.0. The van der Waals surface area contributed by atoms with E-state index in [9.17, 15) is 22.8 Å². The summed E-state index contributed by atoms with van der Waals surface area (Å²) in [6.07, 6.45) is -4.44. The predicted molar refractivity (Wildman–Crippen MR) is 149 cm³/mol. The molecule has 0 saturated carbocycles. The van der Waals surface area contributed by atoms with Crippen LogP contribution in [0.1, 0.15) is 31.3 Å². The zero-order valence-corrected chi connectivity index (χ0v) is 22.6. The molecule has 5 rings (SSSR count). The van der Waals surface area contributed by atoms with Gasteiger partial charge in [-0.05, 0) is 74.5 Å². The largest absolute Gasteiger partial charge is 0.416 e. The lowest BCUT2D eigenvalue weighted by molar-refractivity contribution is -0.137. The molecule has 0 spiro atoms. The molecule has 1 saturated heterocycles. The number of fused-ring (bicyclic) bond motifs is 1. The quantitative estimate of drug-likeness (QED) is 0.311. The summed E-state index contributed by atoms with van der Waals surface area (Å²) < 4.78 is 40.2. The number of nitrogens with zero attached hydrogens (tertiary/aromatic N) is 4. The Bertz CT molecular complexity index is 1590. The summed E-state index contributed by atoms with van der Waals surface area (Å²) in [5, 5.41) is 3.75. The number of carbonyl (C=O) groups excluding carboxylic acids is 1. The Labute approximate surface area is 233 Å². The number of alkyl halides is 3. The van der Waals surface area contributed by atoms with Crippen molar-refractivity contribution in [1.82, 2.24) is 19.4 Å². The monoisotopic (exact) mass is 569 g/mol. The topological polar surface area (TPSA) is 70.5 Å². The number of benzene rings is 3. The minimum Gasteiger partial charge on any atom is -0.319 e. The molecule has 7 nitrogen and oxygen atoms in total. The number of carbonyl (C=O) groups is 1. The molecule has 0 aliphatic carbocycles. The van der Waals surface area contributed by atoms with Gasteiger partial charge in [-0.3, -0.25) is 14.3 Å². The molecule has 0 radical (unpaired) electrons. The van der Waals surface area contributed by atoms with E-state index < -0.39 is 11.7 Å². The van der Waals surface area contributed by atoms with Crippen molar-refractivity contribution in [3.63, 3.8) is 0 Å². The Kier molecular flexibility index (Phi) is 7.57. The minimum absolute atomic E-state index is 0.183. The SMILES string of the molecule is CC(c1nc2ccccc2c(=O)n1-c1ccc(Cl)cc1)N1CCN(C(=O)Nc2ccc(C(F)(F)F)cc2)C(C)C1. The molecule has 0 bridgehead atoms. The van der Waals surface area contributed by atoms with Gasteiger partial charge < -0.3 is 10.2 Å². The van der Waals surface area contributed by atoms with Gasteiger partial charge in [0.1, 0.15) is 5.82 Å². The summed E-state index contributed by atoms with van der Waals surface area (Å²) in [6, 6.07) is 17.7. The first-order valence-corrected chi connectivity index (χ1v) is 13.2. The molecule has 2 amide bonds. The van der Waals surface area contributed by atoms with Crippen LogP contribution in [0.2, 0.25) is 5.02 Å². The van der Waals surface area contributed by atoms with Crippen LogP contribution in [-0.4, -0.2) is 51.1 Å². The van der Waals surface area contributed by atoms with E-state index in [4.69, 9.17) is 16.6 Å². The highest BCUT2D eigenvalue weighted by atomic mass is 35.5. The van der Waals surface area contributed by atoms with Gasteiger partial charge in [0.2, 0.25) is 0 Å². The van der Waals surface area contributed by atoms with Crippen molar-refractivity contribution in [2.75, 3.05) is 25.0 Å². The lowest BCUT2D eigenvalue weighted by Gasteiger charge is -2.42. The Hall–Kier alpha value is -3.89. The standard InChI is InChI=1S/C29H27ClF3N5O2/c1-18-17-36(15-16-37(18)28(40)34-22-11-7-20(8-12-22)29(31,32)33)19(2)26-35-25-6-4-3-5-24(25)27(39)38(26)23-13-9-21(30)10-14-23/h3-14,18-19H,15-17H2,1-2H3,(H,34,40). The predicted octanol–water partition coefficient (Wildman–Crippen LogP) is 6.36. The summed E-state index contributed by atoms with van der Waals surface area (Å²) >= 11 is 6.10. The zero-order chi connectivity index (χ0) is 28.6. The summed E-state index contributed by atoms with van der Waals surface area (Å²) in [5.41, 5.74) is 0.575. The number of anilines is 1. The fourth-order valence-electron chi connectivity index (χ4n) is 5.01. The van der Waals surface area contributed by atoms with Crippen molar-refractivity contribution in [3.8, 4) is 5.69 Å². The highest BCUT2D eigenvalue weighted by Gasteiger charge is 2.33. The van der Waals surface area contributed by atoms with Gasteiger partial charge in [0, 0.05) is 36.4 Å². The van der Waals surface area contributed by atoms with Gasteiger partial charge in [-0.25, -0.2) is 9.78 Å². The second kappa shape index (κ2) is 10.9. The molecule has 2 unspecified atom stereocenters. The van der Waals surface area contributed by atoms with Crippen molar-refractivity contribution < 1.29 is 18.0 Å². The maximum atomic E-state index is 13.6. The van der Waals surface area contributed by atoms with Crippen LogP contribution in [0.3, 0.4) is 0 Å². The van der Waals surface area contributed by atoms with E-state index in [1.165, 1.54) is 12.1 Å². The summed E-state index contributed by atoms with van der Waals surface area (Å²) in [6.45, 7) is 5.29. The number of hydrogen-bond acceptors (Lipinski definition) is 4. The average Bonchev–Trinajstić information content (AvgIpc) is 2.93. The van der Waals surface area contributed by atoms with E-state index in [1.54, 1.807) is 45.9 Å². The fraction of sp³-hybridized carbons (Fsp3) is 0.276. The molecule has 1 fully saturated rings. The molecule has 208 valence electrons. The number of nitrogens with one attached hydrogen (secondary N) is 1. The molecule has 1 aromatic heterocycles. The lowest BCUT2D eigenvalue weighted by Crippen LogP contribution is -2.55. The van der Waals surface area contributed by atoms with Gasteiger partial charge in [-0.1, -0.05) is 23.7 Å². The van der Waals surface area contributed by atoms with E-state index in [2.05, 4.69) is 10.2 Å². The maximum Gasteiger partial charge on any atom is 0.416 e. The number of rotatable bonds is 4. The normalized spacial score (nSPS) is 17.1. The van der Waals surface area contributed by atoms with Crippen molar-refractivity contribution in [2.45, 2.75) is 32.1 Å². The van der Waals surface area contributed by atoms with Crippen LogP contribution >= 0.6 is 11.6 Å². The van der Waals surface area contributed by atoms with Gasteiger partial charge in [0.05, 0.1) is 28.2 Å². The first-order valence-electron chi connectivity index (χ1n) is 12.8. The van der Waals surface area contributed by atoms with Gasteiger partial charge in [0.15, 0.2) is 0 Å². The van der Waals surface area contributed by atoms with Gasteiger partial charge in [-0.2, -0.15) is 13.2 Å². The Morgan fingerprint density at radius 1 is 1.02 bits per heavy atom. The van der Waals surface area contributed by atoms with Crippen LogP contribution in [0.4, 0.5) is 23.7 Å². The number of piperazine rings is 1. The van der Waals surface area contributed by atoms with Gasteiger partial charge in [-0.15, -0.1) is 0 Å². The molecule has 1 N–H and O–H groups in total. The molecule has 40 heavy (non-hydrogen) atoms. The number of hydrogen-bond donors (Lipinski definition) is 1. The molecule has 1 aliphatic rings. The van der Waals surface area contributed by atoms with Gasteiger partial charge in [0.25, 0.3) is 5.56 Å². The average molecular weight is 570 g/mol. The smallest absolute Gasteiger partial charge is 0.319 e. The van der Waals surface area contributed by atoms with E-state index in [0.717, 1.165) is 12.1 Å². The van der Waals surface area contributed by atoms with Crippen LogP contribution in [0.25, 0.3) is 16.6 Å². The highest BCUT2D eigenvalue weighted by Crippen LogP contribution is 2.30. The molecule has 1 aliphatic heterocycles. The molecule has 2 atom stereocenters. The molecule has 2 heterocycles. The van der Waals surface area contributed by atoms with Gasteiger partial charge >= 0.3 is 12.2 Å². The molecular formula is C29H27ClF3N5O2. The molecule has 4 aromatic rings. The van der Waals surface area contributed by atoms with Crippen LogP contribution in [0, 0.1) is 0 Å². The van der Waals surface area contributed by atoms with Crippen molar-refractivity contribution in [1.29, 1.82) is 0 Å². The second-order valence-corrected chi connectivity index (χ2v) is 10.3. The lowest BCUT2D eigenvalue weighted by atomic mass is 10.1. The van der Waals surface area contributed by atoms with Crippen molar-refractivity contribution >= 4 is 34.2 Å². The van der Waals surface area contributed by atoms with E-state index in [-0.39, 0.29) is 29.4 Å². The third kappa shape index (κ3) is 5.55. The van der Waals surface area contributed by atoms with Crippen LogP contribution < -0.4 is 10.9 Å². The Morgan fingerprint density at radius 2 is 1.70 bits per heavy atom. The minimum atomic E-state index is -4.44. The molecule has 11 heteroatoms. The van der Waals surface area contributed by atoms with Crippen LogP contribution in [0.15, 0.2) is 77.6 Å². The molecule has 3 aromatic carbocycles. The summed E-state index contributed by atoms with van der Waals surface area (Å²) in [7, 11) is 0. The Balaban J connectivity index is 1.36. The number of amides is 2.